The number of nitrogen functional groups attached to an aromatic ring is 1. The van der Waals surface area contributed by atoms with E-state index in [1.54, 1.807) is 17.5 Å². The average molecular weight is 321 g/mol. The van der Waals surface area contributed by atoms with E-state index in [9.17, 15) is 0 Å². The van der Waals surface area contributed by atoms with Crippen LogP contribution < -0.4 is 11.1 Å². The molecule has 0 aliphatic rings. The standard InChI is InChI=1S/C17H15N5S/c18-13-5-3-12(4-6-13)15-11-22-8-7-19-17(22)16(21-15)20-10-14-2-1-9-23-14/h1-9,11H,10,18H2,(H,20,21). The number of fused-ring (bicyclic) bond motifs is 1. The summed E-state index contributed by atoms with van der Waals surface area (Å²) in [7, 11) is 0. The summed E-state index contributed by atoms with van der Waals surface area (Å²) in [6, 6.07) is 11.9. The Hall–Kier alpha value is -2.86. The van der Waals surface area contributed by atoms with E-state index in [1.807, 2.05) is 47.1 Å². The molecule has 114 valence electrons. The number of hydrogen-bond donors (Lipinski definition) is 2. The summed E-state index contributed by atoms with van der Waals surface area (Å²) < 4.78 is 1.98. The molecule has 4 aromatic rings. The quantitative estimate of drug-likeness (QED) is 0.563. The molecule has 0 radical (unpaired) electrons. The van der Waals surface area contributed by atoms with Crippen LogP contribution in [-0.2, 0) is 6.54 Å². The van der Waals surface area contributed by atoms with Gasteiger partial charge in [0.05, 0.1) is 12.2 Å². The van der Waals surface area contributed by atoms with Gasteiger partial charge in [0, 0.05) is 34.7 Å². The van der Waals surface area contributed by atoms with Crippen molar-refractivity contribution in [2.24, 2.45) is 0 Å². The Bertz CT molecular complexity index is 925. The van der Waals surface area contributed by atoms with Crippen LogP contribution in [-0.4, -0.2) is 14.4 Å². The van der Waals surface area contributed by atoms with Crippen LogP contribution in [0.1, 0.15) is 4.88 Å². The van der Waals surface area contributed by atoms with Crippen LogP contribution in [0.4, 0.5) is 11.5 Å². The predicted octanol–water partition coefficient (Wildman–Crippen LogP) is 3.65. The SMILES string of the molecule is Nc1ccc(-c2cn3ccnc3c(NCc3cccs3)n2)cc1. The van der Waals surface area contributed by atoms with E-state index in [0.717, 1.165) is 35.0 Å². The van der Waals surface area contributed by atoms with Gasteiger partial charge in [0.1, 0.15) is 0 Å². The average Bonchev–Trinajstić information content (AvgIpc) is 3.24. The Morgan fingerprint density at radius 3 is 2.83 bits per heavy atom. The zero-order valence-corrected chi connectivity index (χ0v) is 13.1. The van der Waals surface area contributed by atoms with E-state index in [1.165, 1.54) is 4.88 Å². The van der Waals surface area contributed by atoms with E-state index in [2.05, 4.69) is 21.7 Å². The summed E-state index contributed by atoms with van der Waals surface area (Å²) in [6.07, 6.45) is 5.68. The van der Waals surface area contributed by atoms with Crippen LogP contribution in [0, 0.1) is 0 Å². The third kappa shape index (κ3) is 2.76. The van der Waals surface area contributed by atoms with Gasteiger partial charge in [-0.25, -0.2) is 9.97 Å². The number of thiophene rings is 1. The Morgan fingerprint density at radius 1 is 1.17 bits per heavy atom. The van der Waals surface area contributed by atoms with Gasteiger partial charge in [0.25, 0.3) is 0 Å². The molecule has 5 nitrogen and oxygen atoms in total. The van der Waals surface area contributed by atoms with Crippen molar-refractivity contribution in [2.75, 3.05) is 11.1 Å². The topological polar surface area (TPSA) is 68.2 Å². The lowest BCUT2D eigenvalue weighted by molar-refractivity contribution is 1.09. The van der Waals surface area contributed by atoms with Gasteiger partial charge in [0.2, 0.25) is 0 Å². The molecule has 3 aromatic heterocycles. The molecule has 0 aliphatic heterocycles. The second-order valence-electron chi connectivity index (χ2n) is 5.19. The summed E-state index contributed by atoms with van der Waals surface area (Å²) in [5.74, 6) is 0.776. The molecule has 0 amide bonds. The maximum absolute atomic E-state index is 5.76. The first-order valence-corrected chi connectivity index (χ1v) is 8.13. The zero-order chi connectivity index (χ0) is 15.6. The van der Waals surface area contributed by atoms with Crippen LogP contribution in [0.5, 0.6) is 0 Å². The Kier molecular flexibility index (Phi) is 3.44. The highest BCUT2D eigenvalue weighted by molar-refractivity contribution is 7.09. The molecule has 1 aromatic carbocycles. The number of nitrogens with one attached hydrogen (secondary N) is 1. The van der Waals surface area contributed by atoms with Crippen molar-refractivity contribution in [2.45, 2.75) is 6.54 Å². The lowest BCUT2D eigenvalue weighted by Gasteiger charge is -2.09. The Morgan fingerprint density at radius 2 is 2.04 bits per heavy atom. The van der Waals surface area contributed by atoms with Gasteiger partial charge in [-0.3, -0.25) is 0 Å². The second kappa shape index (κ2) is 5.73. The minimum absolute atomic E-state index is 0.735. The lowest BCUT2D eigenvalue weighted by atomic mass is 10.1. The van der Waals surface area contributed by atoms with Crippen molar-refractivity contribution >= 4 is 28.5 Å². The normalized spacial score (nSPS) is 11.0. The molecule has 0 bridgehead atoms. The van der Waals surface area contributed by atoms with Crippen LogP contribution in [0.25, 0.3) is 16.9 Å². The molecule has 0 unspecified atom stereocenters. The third-order valence-electron chi connectivity index (χ3n) is 3.59. The molecular formula is C17H15N5S. The summed E-state index contributed by atoms with van der Waals surface area (Å²) in [4.78, 5) is 10.4. The molecule has 0 aliphatic carbocycles. The van der Waals surface area contributed by atoms with Gasteiger partial charge in [-0.05, 0) is 23.6 Å². The fourth-order valence-electron chi connectivity index (χ4n) is 2.43. The lowest BCUT2D eigenvalue weighted by Crippen LogP contribution is -2.04. The van der Waals surface area contributed by atoms with Gasteiger partial charge >= 0.3 is 0 Å². The summed E-state index contributed by atoms with van der Waals surface area (Å²) >= 11 is 1.72. The molecule has 3 heterocycles. The monoisotopic (exact) mass is 321 g/mol. The number of benzene rings is 1. The fraction of sp³-hybridized carbons (Fsp3) is 0.0588. The van der Waals surface area contributed by atoms with Gasteiger partial charge in [-0.15, -0.1) is 11.3 Å². The Balaban J connectivity index is 1.73. The van der Waals surface area contributed by atoms with E-state index < -0.39 is 0 Å². The van der Waals surface area contributed by atoms with Crippen LogP contribution >= 0.6 is 11.3 Å². The summed E-state index contributed by atoms with van der Waals surface area (Å²) in [5.41, 5.74) is 9.23. The zero-order valence-electron chi connectivity index (χ0n) is 12.3. The maximum atomic E-state index is 5.76. The Labute approximate surface area is 137 Å². The number of hydrogen-bond acceptors (Lipinski definition) is 5. The van der Waals surface area contributed by atoms with Crippen molar-refractivity contribution in [3.05, 3.63) is 65.2 Å². The molecule has 4 rings (SSSR count). The fourth-order valence-corrected chi connectivity index (χ4v) is 3.07. The minimum Gasteiger partial charge on any atom is -0.399 e. The first kappa shape index (κ1) is 13.8. The highest BCUT2D eigenvalue weighted by Gasteiger charge is 2.09. The highest BCUT2D eigenvalue weighted by atomic mass is 32.1. The van der Waals surface area contributed by atoms with Gasteiger partial charge in [-0.2, -0.15) is 0 Å². The van der Waals surface area contributed by atoms with Crippen molar-refractivity contribution in [1.29, 1.82) is 0 Å². The first-order chi connectivity index (χ1) is 11.3. The molecule has 3 N–H and O–H groups in total. The molecular weight excluding hydrogens is 306 g/mol. The van der Waals surface area contributed by atoms with E-state index in [-0.39, 0.29) is 0 Å². The smallest absolute Gasteiger partial charge is 0.180 e. The number of rotatable bonds is 4. The number of aromatic nitrogens is 3. The van der Waals surface area contributed by atoms with Crippen molar-refractivity contribution in [3.63, 3.8) is 0 Å². The van der Waals surface area contributed by atoms with Gasteiger partial charge in [-0.1, -0.05) is 18.2 Å². The highest BCUT2D eigenvalue weighted by Crippen LogP contribution is 2.23. The largest absolute Gasteiger partial charge is 0.399 e. The molecule has 0 atom stereocenters. The van der Waals surface area contributed by atoms with Crippen LogP contribution in [0.15, 0.2) is 60.4 Å². The van der Waals surface area contributed by atoms with Crippen LogP contribution in [0.2, 0.25) is 0 Å². The summed E-state index contributed by atoms with van der Waals surface area (Å²) in [6.45, 7) is 0.735. The number of nitrogens with two attached hydrogens (primary N) is 1. The van der Waals surface area contributed by atoms with Crippen molar-refractivity contribution in [3.8, 4) is 11.3 Å². The molecule has 0 spiro atoms. The maximum Gasteiger partial charge on any atom is 0.180 e. The van der Waals surface area contributed by atoms with E-state index >= 15 is 0 Å². The third-order valence-corrected chi connectivity index (χ3v) is 4.47. The van der Waals surface area contributed by atoms with Gasteiger partial charge in [0.15, 0.2) is 11.5 Å². The van der Waals surface area contributed by atoms with Crippen molar-refractivity contribution < 1.29 is 0 Å². The van der Waals surface area contributed by atoms with E-state index in [4.69, 9.17) is 10.7 Å². The molecule has 23 heavy (non-hydrogen) atoms. The number of imidazole rings is 1. The first-order valence-electron chi connectivity index (χ1n) is 7.25. The second-order valence-corrected chi connectivity index (χ2v) is 6.22. The molecule has 0 saturated carbocycles. The number of nitrogens with zero attached hydrogens (tertiary/aromatic N) is 3. The number of anilines is 2. The molecule has 0 saturated heterocycles. The minimum atomic E-state index is 0.735. The molecule has 0 fully saturated rings. The molecule has 6 heteroatoms. The van der Waals surface area contributed by atoms with Gasteiger partial charge < -0.3 is 15.5 Å². The predicted molar refractivity (Wildman–Crippen MR) is 94.5 cm³/mol. The van der Waals surface area contributed by atoms with Crippen molar-refractivity contribution in [1.82, 2.24) is 14.4 Å². The van der Waals surface area contributed by atoms with E-state index in [0.29, 0.717) is 0 Å². The summed E-state index contributed by atoms with van der Waals surface area (Å²) in [5, 5.41) is 5.46. The van der Waals surface area contributed by atoms with Crippen LogP contribution in [0.3, 0.4) is 0 Å².